The lowest BCUT2D eigenvalue weighted by Crippen LogP contribution is -2.14. The minimum Gasteiger partial charge on any atom is -0.399 e. The van der Waals surface area contributed by atoms with Gasteiger partial charge in [0.25, 0.3) is 0 Å². The van der Waals surface area contributed by atoms with Gasteiger partial charge >= 0.3 is 0 Å². The van der Waals surface area contributed by atoms with Gasteiger partial charge in [-0.3, -0.25) is 0 Å². The predicted octanol–water partition coefficient (Wildman–Crippen LogP) is 3.27. The number of aromatic nitrogens is 4. The van der Waals surface area contributed by atoms with E-state index < -0.39 is 0 Å². The van der Waals surface area contributed by atoms with E-state index in [4.69, 9.17) is 5.73 Å². The standard InChI is InChI=1S/C14H18BrN5/c1-2-5-14(6-7-14)9-20-13(17-18-19-20)11-8-10(16)3-4-12(11)15/h3-4,8H,2,5-7,9,16H2,1H3. The zero-order valence-corrected chi connectivity index (χ0v) is 13.1. The Kier molecular flexibility index (Phi) is 3.50. The quantitative estimate of drug-likeness (QED) is 0.851. The lowest BCUT2D eigenvalue weighted by atomic mass is 10.0. The Bertz CT molecular complexity index is 618. The summed E-state index contributed by atoms with van der Waals surface area (Å²) in [7, 11) is 0. The van der Waals surface area contributed by atoms with Gasteiger partial charge in [-0.2, -0.15) is 0 Å². The van der Waals surface area contributed by atoms with Gasteiger partial charge in [0.1, 0.15) is 0 Å². The van der Waals surface area contributed by atoms with Crippen molar-refractivity contribution in [1.82, 2.24) is 20.2 Å². The van der Waals surface area contributed by atoms with Crippen LogP contribution in [0.3, 0.4) is 0 Å². The summed E-state index contributed by atoms with van der Waals surface area (Å²) in [5.74, 6) is 0.784. The number of nitrogen functional groups attached to an aromatic ring is 1. The van der Waals surface area contributed by atoms with Gasteiger partial charge in [0, 0.05) is 15.7 Å². The van der Waals surface area contributed by atoms with Crippen molar-refractivity contribution in [3.05, 3.63) is 22.7 Å². The number of halogens is 1. The maximum atomic E-state index is 5.87. The van der Waals surface area contributed by atoms with Crippen molar-refractivity contribution in [3.8, 4) is 11.4 Å². The summed E-state index contributed by atoms with van der Waals surface area (Å²) in [6.45, 7) is 3.12. The van der Waals surface area contributed by atoms with Crippen LogP contribution >= 0.6 is 15.9 Å². The highest BCUT2D eigenvalue weighted by molar-refractivity contribution is 9.10. The Morgan fingerprint density at radius 2 is 2.20 bits per heavy atom. The fourth-order valence-electron chi connectivity index (χ4n) is 2.73. The van der Waals surface area contributed by atoms with E-state index in [2.05, 4.69) is 38.4 Å². The van der Waals surface area contributed by atoms with Gasteiger partial charge in [-0.15, -0.1) is 5.10 Å². The van der Waals surface area contributed by atoms with Gasteiger partial charge < -0.3 is 5.73 Å². The van der Waals surface area contributed by atoms with Crippen LogP contribution < -0.4 is 5.73 Å². The van der Waals surface area contributed by atoms with Crippen LogP contribution in [0.5, 0.6) is 0 Å². The summed E-state index contributed by atoms with van der Waals surface area (Å²) >= 11 is 3.55. The first kappa shape index (κ1) is 13.5. The van der Waals surface area contributed by atoms with Gasteiger partial charge in [-0.05, 0) is 53.3 Å². The molecule has 106 valence electrons. The molecule has 0 spiro atoms. The van der Waals surface area contributed by atoms with Crippen LogP contribution in [0, 0.1) is 5.41 Å². The lowest BCUT2D eigenvalue weighted by molar-refractivity contribution is 0.365. The van der Waals surface area contributed by atoms with Crippen molar-refractivity contribution in [1.29, 1.82) is 0 Å². The van der Waals surface area contributed by atoms with Crippen LogP contribution in [0.2, 0.25) is 0 Å². The molecule has 1 aromatic carbocycles. The molecule has 5 nitrogen and oxygen atoms in total. The smallest absolute Gasteiger partial charge is 0.183 e. The lowest BCUT2D eigenvalue weighted by Gasteiger charge is -2.15. The van der Waals surface area contributed by atoms with E-state index in [9.17, 15) is 0 Å². The maximum absolute atomic E-state index is 5.87. The normalized spacial score (nSPS) is 16.3. The van der Waals surface area contributed by atoms with E-state index in [1.165, 1.54) is 25.7 Å². The Morgan fingerprint density at radius 1 is 1.40 bits per heavy atom. The van der Waals surface area contributed by atoms with Gasteiger partial charge in [0.15, 0.2) is 5.82 Å². The third-order valence-electron chi connectivity index (χ3n) is 3.99. The molecule has 1 fully saturated rings. The summed E-state index contributed by atoms with van der Waals surface area (Å²) < 4.78 is 2.88. The SMILES string of the molecule is CCCC1(Cn2nnnc2-c2cc(N)ccc2Br)CC1. The highest BCUT2D eigenvalue weighted by Gasteiger charge is 2.42. The molecule has 1 aromatic heterocycles. The topological polar surface area (TPSA) is 69.6 Å². The average Bonchev–Trinajstić information content (AvgIpc) is 3.01. The van der Waals surface area contributed by atoms with Crippen molar-refractivity contribution in [2.75, 3.05) is 5.73 Å². The Hall–Kier alpha value is -1.43. The molecule has 2 aromatic rings. The summed E-state index contributed by atoms with van der Waals surface area (Å²) in [6.07, 6.45) is 5.00. The molecule has 1 aliphatic rings. The average molecular weight is 336 g/mol. The van der Waals surface area contributed by atoms with Crippen LogP contribution in [0.1, 0.15) is 32.6 Å². The fraction of sp³-hybridized carbons (Fsp3) is 0.500. The summed E-state index contributed by atoms with van der Waals surface area (Å²) in [5, 5.41) is 12.2. The molecular formula is C14H18BrN5. The first-order valence-corrected chi connectivity index (χ1v) is 7.74. The van der Waals surface area contributed by atoms with Crippen molar-refractivity contribution >= 4 is 21.6 Å². The summed E-state index contributed by atoms with van der Waals surface area (Å²) in [5.41, 5.74) is 7.94. The molecule has 3 rings (SSSR count). The second kappa shape index (κ2) is 5.16. The Balaban J connectivity index is 1.92. The molecule has 0 aliphatic heterocycles. The predicted molar refractivity (Wildman–Crippen MR) is 81.9 cm³/mol. The van der Waals surface area contributed by atoms with Crippen LogP contribution in [0.25, 0.3) is 11.4 Å². The second-order valence-corrected chi connectivity index (χ2v) is 6.50. The number of nitrogens with two attached hydrogens (primary N) is 1. The first-order valence-electron chi connectivity index (χ1n) is 6.95. The number of nitrogens with zero attached hydrogens (tertiary/aromatic N) is 4. The molecule has 0 atom stereocenters. The van der Waals surface area contributed by atoms with Gasteiger partial charge in [-0.25, -0.2) is 4.68 Å². The summed E-state index contributed by atoms with van der Waals surface area (Å²) in [4.78, 5) is 0. The highest BCUT2D eigenvalue weighted by Crippen LogP contribution is 2.51. The molecule has 6 heteroatoms. The molecule has 20 heavy (non-hydrogen) atoms. The minimum absolute atomic E-state index is 0.408. The molecule has 0 saturated heterocycles. The molecule has 2 N–H and O–H groups in total. The van der Waals surface area contributed by atoms with Crippen LogP contribution in [0.4, 0.5) is 5.69 Å². The second-order valence-electron chi connectivity index (χ2n) is 5.65. The van der Waals surface area contributed by atoms with Crippen molar-refractivity contribution < 1.29 is 0 Å². The Morgan fingerprint density at radius 3 is 2.90 bits per heavy atom. The molecule has 0 bridgehead atoms. The van der Waals surface area contributed by atoms with E-state index in [1.807, 2.05) is 22.9 Å². The molecule has 0 radical (unpaired) electrons. The van der Waals surface area contributed by atoms with Crippen molar-refractivity contribution in [2.24, 2.45) is 5.41 Å². The molecule has 0 unspecified atom stereocenters. The number of hydrogen-bond donors (Lipinski definition) is 1. The van der Waals surface area contributed by atoms with Crippen molar-refractivity contribution in [3.63, 3.8) is 0 Å². The van der Waals surface area contributed by atoms with Gasteiger partial charge in [0.2, 0.25) is 0 Å². The fourth-order valence-corrected chi connectivity index (χ4v) is 3.15. The zero-order valence-electron chi connectivity index (χ0n) is 11.5. The Labute approximate surface area is 126 Å². The monoisotopic (exact) mass is 335 g/mol. The number of hydrogen-bond acceptors (Lipinski definition) is 4. The zero-order chi connectivity index (χ0) is 14.2. The maximum Gasteiger partial charge on any atom is 0.183 e. The third-order valence-corrected chi connectivity index (χ3v) is 4.68. The highest BCUT2D eigenvalue weighted by atomic mass is 79.9. The number of rotatable bonds is 5. The summed E-state index contributed by atoms with van der Waals surface area (Å²) in [6, 6.07) is 5.70. The van der Waals surface area contributed by atoms with E-state index in [1.54, 1.807) is 0 Å². The first-order chi connectivity index (χ1) is 9.63. The third kappa shape index (κ3) is 2.57. The number of benzene rings is 1. The number of anilines is 1. The molecule has 1 heterocycles. The molecule has 1 saturated carbocycles. The largest absolute Gasteiger partial charge is 0.399 e. The number of tetrazole rings is 1. The van der Waals surface area contributed by atoms with Crippen LogP contribution in [0.15, 0.2) is 22.7 Å². The molecule has 1 aliphatic carbocycles. The van der Waals surface area contributed by atoms with E-state index in [0.29, 0.717) is 11.1 Å². The van der Waals surface area contributed by atoms with E-state index >= 15 is 0 Å². The van der Waals surface area contributed by atoms with Gasteiger partial charge in [0.05, 0.1) is 6.54 Å². The van der Waals surface area contributed by atoms with Gasteiger partial charge in [-0.1, -0.05) is 29.3 Å². The molecular weight excluding hydrogens is 318 g/mol. The molecule has 0 amide bonds. The van der Waals surface area contributed by atoms with Crippen molar-refractivity contribution in [2.45, 2.75) is 39.2 Å². The van der Waals surface area contributed by atoms with E-state index in [-0.39, 0.29) is 0 Å². The minimum atomic E-state index is 0.408. The van der Waals surface area contributed by atoms with E-state index in [0.717, 1.165) is 22.4 Å². The van der Waals surface area contributed by atoms with Crippen LogP contribution in [-0.4, -0.2) is 20.2 Å². The van der Waals surface area contributed by atoms with Crippen LogP contribution in [-0.2, 0) is 6.54 Å².